The van der Waals surface area contributed by atoms with Crippen molar-refractivity contribution in [1.29, 1.82) is 0 Å². The van der Waals surface area contributed by atoms with Gasteiger partial charge in [0.2, 0.25) is 0 Å². The second-order valence-electron chi connectivity index (χ2n) is 5.45. The van der Waals surface area contributed by atoms with E-state index in [1.54, 1.807) is 36.7 Å². The van der Waals surface area contributed by atoms with Gasteiger partial charge in [0.15, 0.2) is 0 Å². The van der Waals surface area contributed by atoms with Gasteiger partial charge in [-0.25, -0.2) is 9.78 Å². The molecule has 1 aromatic carbocycles. The smallest absolute Gasteiger partial charge is 0.324 e. The molecule has 2 amide bonds. The van der Waals surface area contributed by atoms with Crippen molar-refractivity contribution in [2.45, 2.75) is 12.6 Å². The van der Waals surface area contributed by atoms with Crippen LogP contribution in [0.1, 0.15) is 17.4 Å². The molecule has 0 spiro atoms. The molecule has 3 rings (SSSR count). The first kappa shape index (κ1) is 16.7. The van der Waals surface area contributed by atoms with Gasteiger partial charge in [-0.05, 0) is 29.8 Å². The van der Waals surface area contributed by atoms with Gasteiger partial charge in [-0.15, -0.1) is 0 Å². The minimum atomic E-state index is -0.503. The molecule has 128 valence electrons. The first-order chi connectivity index (χ1) is 12.3. The highest BCUT2D eigenvalue weighted by Crippen LogP contribution is 2.17. The average molecular weight is 337 g/mol. The van der Waals surface area contributed by atoms with E-state index < -0.39 is 6.04 Å². The summed E-state index contributed by atoms with van der Waals surface area (Å²) < 4.78 is 5.35. The number of benzene rings is 1. The number of nitrogens with zero attached hydrogens (tertiary/aromatic N) is 2. The lowest BCUT2D eigenvalue weighted by Gasteiger charge is -2.24. The fourth-order valence-corrected chi connectivity index (χ4v) is 2.48. The summed E-state index contributed by atoms with van der Waals surface area (Å²) >= 11 is 0. The first-order valence-corrected chi connectivity index (χ1v) is 7.95. The molecule has 0 aliphatic heterocycles. The van der Waals surface area contributed by atoms with Crippen LogP contribution in [0.3, 0.4) is 0 Å². The van der Waals surface area contributed by atoms with Crippen molar-refractivity contribution < 1.29 is 14.3 Å². The molecule has 0 saturated heterocycles. The van der Waals surface area contributed by atoms with Gasteiger partial charge in [0.25, 0.3) is 0 Å². The number of rotatable bonds is 6. The maximum Gasteiger partial charge on any atom is 0.324 e. The maximum atomic E-state index is 12.8. The van der Waals surface area contributed by atoms with Crippen LogP contribution in [0.15, 0.2) is 77.5 Å². The van der Waals surface area contributed by atoms with Crippen molar-refractivity contribution >= 4 is 11.8 Å². The Labute approximate surface area is 145 Å². The minimum absolute atomic E-state index is 0.202. The Morgan fingerprint density at radius 1 is 1.12 bits per heavy atom. The number of furan rings is 1. The van der Waals surface area contributed by atoms with Gasteiger partial charge in [0.05, 0.1) is 25.5 Å². The topological polar surface area (TPSA) is 78.6 Å². The normalized spacial score (nSPS) is 11.7. The lowest BCUT2D eigenvalue weighted by Crippen LogP contribution is -2.42. The number of urea groups is 1. The van der Waals surface area contributed by atoms with E-state index in [1.807, 2.05) is 36.4 Å². The fraction of sp³-hybridized carbons (Fsp3) is 0.158. The van der Waals surface area contributed by atoms with Crippen LogP contribution in [-0.2, 0) is 6.54 Å². The minimum Gasteiger partial charge on any atom is -0.467 e. The summed E-state index contributed by atoms with van der Waals surface area (Å²) in [7, 11) is 0. The highest BCUT2D eigenvalue weighted by molar-refractivity contribution is 5.91. The number of carbonyl (C=O) groups is 1. The quantitative estimate of drug-likeness (QED) is 0.724. The van der Waals surface area contributed by atoms with Crippen LogP contribution in [0.2, 0.25) is 0 Å². The summed E-state index contributed by atoms with van der Waals surface area (Å²) in [5, 5.41) is 12.5. The summed E-state index contributed by atoms with van der Waals surface area (Å²) in [5.41, 5.74) is 0.831. The third-order valence-corrected chi connectivity index (χ3v) is 3.75. The summed E-state index contributed by atoms with van der Waals surface area (Å²) in [6.45, 7) is 0.0371. The SMILES string of the molecule is O=C(N[C@H](CO)c1ccccc1)N(Cc1ccco1)c1ccccn1. The second-order valence-corrected chi connectivity index (χ2v) is 5.45. The number of nitrogens with one attached hydrogen (secondary N) is 1. The van der Waals surface area contributed by atoms with Gasteiger partial charge in [-0.3, -0.25) is 4.90 Å². The number of aromatic nitrogens is 1. The van der Waals surface area contributed by atoms with Gasteiger partial charge >= 0.3 is 6.03 Å². The van der Waals surface area contributed by atoms with E-state index in [4.69, 9.17) is 4.42 Å². The average Bonchev–Trinajstić information content (AvgIpc) is 3.18. The van der Waals surface area contributed by atoms with Crippen molar-refractivity contribution in [3.8, 4) is 0 Å². The van der Waals surface area contributed by atoms with E-state index in [0.29, 0.717) is 11.6 Å². The highest BCUT2D eigenvalue weighted by atomic mass is 16.3. The number of pyridine rings is 1. The van der Waals surface area contributed by atoms with Crippen LogP contribution in [0.4, 0.5) is 10.6 Å². The van der Waals surface area contributed by atoms with Crippen LogP contribution in [0.5, 0.6) is 0 Å². The van der Waals surface area contributed by atoms with Crippen molar-refractivity contribution in [1.82, 2.24) is 10.3 Å². The lowest BCUT2D eigenvalue weighted by atomic mass is 10.1. The lowest BCUT2D eigenvalue weighted by molar-refractivity contribution is 0.220. The molecule has 0 fully saturated rings. The molecule has 3 aromatic rings. The molecule has 25 heavy (non-hydrogen) atoms. The van der Waals surface area contributed by atoms with Crippen LogP contribution >= 0.6 is 0 Å². The zero-order valence-corrected chi connectivity index (χ0v) is 13.6. The molecule has 0 aliphatic carbocycles. The maximum absolute atomic E-state index is 12.8. The predicted molar refractivity (Wildman–Crippen MR) is 93.9 cm³/mol. The Kier molecular flexibility index (Phi) is 5.43. The molecular formula is C19H19N3O3. The Hall–Kier alpha value is -3.12. The second kappa shape index (κ2) is 8.12. The van der Waals surface area contributed by atoms with Gasteiger partial charge in [-0.2, -0.15) is 0 Å². The van der Waals surface area contributed by atoms with Crippen molar-refractivity contribution in [2.24, 2.45) is 0 Å². The standard InChI is InChI=1S/C19H19N3O3/c23-14-17(15-7-2-1-3-8-15)21-19(24)22(13-16-9-6-12-25-16)18-10-4-5-11-20-18/h1-12,17,23H,13-14H2,(H,21,24)/t17-/m1/s1. The Morgan fingerprint density at radius 2 is 1.92 bits per heavy atom. The van der Waals surface area contributed by atoms with Crippen LogP contribution in [0.25, 0.3) is 0 Å². The first-order valence-electron chi connectivity index (χ1n) is 7.95. The predicted octanol–water partition coefficient (Wildman–Crippen LogP) is 3.12. The molecule has 0 saturated carbocycles. The van der Waals surface area contributed by atoms with Gasteiger partial charge in [-0.1, -0.05) is 36.4 Å². The third kappa shape index (κ3) is 4.24. The molecule has 6 heteroatoms. The summed E-state index contributed by atoms with van der Waals surface area (Å²) in [4.78, 5) is 18.6. The van der Waals surface area contributed by atoms with E-state index in [9.17, 15) is 9.90 Å². The third-order valence-electron chi connectivity index (χ3n) is 3.75. The Balaban J connectivity index is 1.81. The van der Waals surface area contributed by atoms with Crippen molar-refractivity contribution in [3.63, 3.8) is 0 Å². The number of aliphatic hydroxyl groups is 1. The molecule has 0 unspecified atom stereocenters. The number of carbonyl (C=O) groups excluding carboxylic acids is 1. The molecular weight excluding hydrogens is 318 g/mol. The van der Waals surface area contributed by atoms with E-state index in [2.05, 4.69) is 10.3 Å². The summed E-state index contributed by atoms with van der Waals surface area (Å²) in [5.74, 6) is 1.14. The van der Waals surface area contributed by atoms with E-state index in [1.165, 1.54) is 4.90 Å². The molecule has 0 radical (unpaired) electrons. The summed E-state index contributed by atoms with van der Waals surface area (Å²) in [6, 6.07) is 17.4. The van der Waals surface area contributed by atoms with Crippen molar-refractivity contribution in [3.05, 3.63) is 84.4 Å². The number of aliphatic hydroxyl groups excluding tert-OH is 1. The fourth-order valence-electron chi connectivity index (χ4n) is 2.48. The molecule has 2 aromatic heterocycles. The Bertz CT molecular complexity index is 776. The number of anilines is 1. The number of hydrogen-bond acceptors (Lipinski definition) is 4. The van der Waals surface area contributed by atoms with Crippen LogP contribution < -0.4 is 10.2 Å². The molecule has 0 aliphatic rings. The number of hydrogen-bond donors (Lipinski definition) is 2. The molecule has 1 atom stereocenters. The number of amides is 2. The molecule has 2 heterocycles. The van der Waals surface area contributed by atoms with Crippen LogP contribution in [0, 0.1) is 0 Å². The summed E-state index contributed by atoms with van der Waals surface area (Å²) in [6.07, 6.45) is 3.18. The van der Waals surface area contributed by atoms with Crippen molar-refractivity contribution in [2.75, 3.05) is 11.5 Å². The molecule has 0 bridgehead atoms. The zero-order valence-electron chi connectivity index (χ0n) is 13.6. The largest absolute Gasteiger partial charge is 0.467 e. The zero-order chi connectivity index (χ0) is 17.5. The van der Waals surface area contributed by atoms with Crippen LogP contribution in [-0.4, -0.2) is 22.7 Å². The van der Waals surface area contributed by atoms with Gasteiger partial charge in [0, 0.05) is 6.20 Å². The van der Waals surface area contributed by atoms with E-state index in [-0.39, 0.29) is 19.2 Å². The monoisotopic (exact) mass is 337 g/mol. The Morgan fingerprint density at radius 3 is 2.56 bits per heavy atom. The highest BCUT2D eigenvalue weighted by Gasteiger charge is 2.22. The van der Waals surface area contributed by atoms with Gasteiger partial charge < -0.3 is 14.8 Å². The van der Waals surface area contributed by atoms with E-state index in [0.717, 1.165) is 5.56 Å². The van der Waals surface area contributed by atoms with E-state index >= 15 is 0 Å². The van der Waals surface area contributed by atoms with Gasteiger partial charge in [0.1, 0.15) is 11.6 Å². The molecule has 2 N–H and O–H groups in total. The molecule has 6 nitrogen and oxygen atoms in total.